The summed E-state index contributed by atoms with van der Waals surface area (Å²) in [4.78, 5) is 26.4. The number of alkyl carbamates (subject to hydrolysis) is 1. The summed E-state index contributed by atoms with van der Waals surface area (Å²) >= 11 is 0. The van der Waals surface area contributed by atoms with E-state index >= 15 is 0 Å². The first-order valence-corrected chi connectivity index (χ1v) is 26.5. The number of hydrogen-bond donors (Lipinski definition) is 4. The monoisotopic (exact) mass is 958 g/mol. The van der Waals surface area contributed by atoms with Crippen molar-refractivity contribution < 1.29 is 57.8 Å². The molecule has 0 radical (unpaired) electrons. The first-order valence-electron chi connectivity index (χ1n) is 22.0. The van der Waals surface area contributed by atoms with Crippen LogP contribution in [-0.4, -0.2) is 99.2 Å². The van der Waals surface area contributed by atoms with Gasteiger partial charge in [0.1, 0.15) is 12.6 Å². The van der Waals surface area contributed by atoms with Gasteiger partial charge >= 0.3 is 6.09 Å². The van der Waals surface area contributed by atoms with Crippen LogP contribution >= 0.6 is 0 Å². The molecule has 0 saturated heterocycles. The van der Waals surface area contributed by atoms with Gasteiger partial charge in [0, 0.05) is 72.7 Å². The summed E-state index contributed by atoms with van der Waals surface area (Å²) in [7, 11) is -13.5. The topological polar surface area (TPSA) is 240 Å². The number of hydrogen-bond acceptors (Lipinski definition) is 11. The van der Waals surface area contributed by atoms with E-state index in [0.717, 1.165) is 49.9 Å². The number of ether oxygens (including phenoxy) is 1. The Morgan fingerprint density at radius 1 is 0.815 bits per heavy atom. The van der Waals surface area contributed by atoms with Crippen molar-refractivity contribution in [3.05, 3.63) is 95.8 Å². The molecular formula is C46H62N4O12S3. The third kappa shape index (κ3) is 13.9. The fraction of sp³-hybridized carbons (Fsp3) is 0.500. The highest BCUT2D eigenvalue weighted by Gasteiger charge is 2.45. The van der Waals surface area contributed by atoms with E-state index in [-0.39, 0.29) is 34.8 Å². The van der Waals surface area contributed by atoms with Gasteiger partial charge in [0.2, 0.25) is 11.6 Å². The van der Waals surface area contributed by atoms with Crippen molar-refractivity contribution in [3.8, 4) is 0 Å². The molecule has 4 N–H and O–H groups in total. The molecule has 1 aliphatic carbocycles. The Morgan fingerprint density at radius 3 is 2.20 bits per heavy atom. The van der Waals surface area contributed by atoms with Gasteiger partial charge in [0.15, 0.2) is 5.71 Å². The Hall–Kier alpha value is -4.66. The Morgan fingerprint density at radius 2 is 1.49 bits per heavy atom. The lowest BCUT2D eigenvalue weighted by atomic mass is 9.81. The molecule has 3 aliphatic rings. The van der Waals surface area contributed by atoms with Crippen molar-refractivity contribution >= 4 is 59.4 Å². The number of nitrogens with one attached hydrogen (secondary N) is 2. The summed E-state index contributed by atoms with van der Waals surface area (Å²) in [6.07, 6.45) is 20.5. The van der Waals surface area contributed by atoms with E-state index in [4.69, 9.17) is 4.74 Å². The Kier molecular flexibility index (Phi) is 17.2. The first-order chi connectivity index (χ1) is 30.5. The van der Waals surface area contributed by atoms with Crippen molar-refractivity contribution in [3.63, 3.8) is 0 Å². The number of fused-ring (bicyclic) bond motifs is 2. The SMILES string of the molecule is CC1(C)C(/C=C/C=C/C=C2/N(CCCCCC(=O)NCCCNC(=O)OC3CC/C=C\CCC3)c3ccc(S(=O)(=O)O)cc3C2(C)C)=[N+](CCCS(=O)(=O)[O-])c2ccc(S(=O)(=O)O)cc21. The van der Waals surface area contributed by atoms with E-state index in [9.17, 15) is 48.5 Å². The number of rotatable bonds is 20. The lowest BCUT2D eigenvalue weighted by Gasteiger charge is -2.27. The first kappa shape index (κ1) is 51.3. The number of benzene rings is 2. The van der Waals surface area contributed by atoms with Crippen LogP contribution in [0.3, 0.4) is 0 Å². The van der Waals surface area contributed by atoms with E-state index < -0.39 is 53.0 Å². The summed E-state index contributed by atoms with van der Waals surface area (Å²) < 4.78 is 110. The van der Waals surface area contributed by atoms with Crippen LogP contribution in [0.4, 0.5) is 16.2 Å². The smallest absolute Gasteiger partial charge is 0.407 e. The molecule has 16 nitrogen and oxygen atoms in total. The third-order valence-corrected chi connectivity index (χ3v) is 14.5. The number of carbonyl (C=O) groups is 2. The van der Waals surface area contributed by atoms with Crippen LogP contribution in [0.5, 0.6) is 0 Å². The quantitative estimate of drug-likeness (QED) is 0.0345. The average Bonchev–Trinajstić information content (AvgIpc) is 3.54. The van der Waals surface area contributed by atoms with Crippen LogP contribution < -0.4 is 15.5 Å². The molecule has 65 heavy (non-hydrogen) atoms. The standard InChI is InChI=1S/C46H62N4O12S3/c1-45(2)37-32-35(64(56,57)58)23-25-39(37)49(29-15-9-14-22-43(51)47-27-16-28-48-44(52)62-34-18-10-6-5-7-11-19-34)41(45)20-12-8-13-21-42-46(3,4)38-33-36(65(59,60)61)24-26-40(38)50(42)30-17-31-63(53,54)55/h5-6,8,12-13,20-21,23-26,32-34H,7,9-11,14-19,22,27-31H2,1-4H3,(H4-,47,48,51,52,53,54,55,56,57,58,59,60,61)/b6-5-. The van der Waals surface area contributed by atoms with E-state index in [2.05, 4.69) is 27.7 Å². The van der Waals surface area contributed by atoms with Gasteiger partial charge < -0.3 is 24.8 Å². The number of nitrogens with zero attached hydrogens (tertiary/aromatic N) is 2. The fourth-order valence-corrected chi connectivity index (χ4v) is 10.1. The third-order valence-electron chi connectivity index (χ3n) is 12.1. The molecule has 5 rings (SSSR count). The molecule has 356 valence electrons. The molecule has 0 fully saturated rings. The lowest BCUT2D eigenvalue weighted by Crippen LogP contribution is -2.32. The van der Waals surface area contributed by atoms with E-state index in [1.165, 1.54) is 24.3 Å². The number of carbonyl (C=O) groups excluding carboxylic acids is 2. The predicted molar refractivity (Wildman–Crippen MR) is 248 cm³/mol. The molecular weight excluding hydrogens is 897 g/mol. The molecule has 1 atom stereocenters. The maximum atomic E-state index is 12.6. The van der Waals surface area contributed by atoms with Gasteiger partial charge in [-0.05, 0) is 107 Å². The van der Waals surface area contributed by atoms with Gasteiger partial charge in [0.05, 0.1) is 25.3 Å². The van der Waals surface area contributed by atoms with E-state index in [0.29, 0.717) is 67.8 Å². The maximum absolute atomic E-state index is 12.6. The van der Waals surface area contributed by atoms with Crippen LogP contribution in [-0.2, 0) is 50.7 Å². The second-order valence-electron chi connectivity index (χ2n) is 17.6. The highest BCUT2D eigenvalue weighted by molar-refractivity contribution is 7.86. The second kappa shape index (κ2) is 21.8. The Bertz CT molecular complexity index is 2580. The highest BCUT2D eigenvalue weighted by atomic mass is 32.2. The number of unbranched alkanes of at least 4 members (excludes halogenated alkanes) is 2. The molecule has 2 heterocycles. The molecule has 0 spiro atoms. The second-order valence-corrected chi connectivity index (χ2v) is 22.0. The van der Waals surface area contributed by atoms with Crippen LogP contribution in [0.1, 0.15) is 109 Å². The molecule has 0 bridgehead atoms. The van der Waals surface area contributed by atoms with Crippen LogP contribution in [0.15, 0.2) is 94.4 Å². The minimum absolute atomic E-state index is 0.0240. The van der Waals surface area contributed by atoms with Crippen molar-refractivity contribution in [1.82, 2.24) is 10.6 Å². The molecule has 2 aliphatic heterocycles. The summed E-state index contributed by atoms with van der Waals surface area (Å²) in [6.45, 7) is 9.19. The predicted octanol–water partition coefficient (Wildman–Crippen LogP) is 6.97. The maximum Gasteiger partial charge on any atom is 0.407 e. The van der Waals surface area contributed by atoms with Crippen LogP contribution in [0.2, 0.25) is 0 Å². The number of anilines is 1. The molecule has 19 heteroatoms. The largest absolute Gasteiger partial charge is 0.748 e. The van der Waals surface area contributed by atoms with Gasteiger partial charge in [-0.25, -0.2) is 13.2 Å². The van der Waals surface area contributed by atoms with Crippen LogP contribution in [0, 0.1) is 0 Å². The number of amides is 2. The van der Waals surface area contributed by atoms with Crippen LogP contribution in [0.25, 0.3) is 0 Å². The lowest BCUT2D eigenvalue weighted by molar-refractivity contribution is -0.437. The van der Waals surface area contributed by atoms with Gasteiger partial charge in [-0.15, -0.1) is 0 Å². The Balaban J connectivity index is 1.22. The van der Waals surface area contributed by atoms with Crippen molar-refractivity contribution in [2.24, 2.45) is 0 Å². The van der Waals surface area contributed by atoms with E-state index in [1.54, 1.807) is 24.3 Å². The minimum atomic E-state index is -4.51. The molecule has 0 aromatic heterocycles. The normalized spacial score (nSPS) is 19.6. The summed E-state index contributed by atoms with van der Waals surface area (Å²) in [6, 6.07) is 8.74. The van der Waals surface area contributed by atoms with Crippen molar-refractivity contribution in [2.75, 3.05) is 36.8 Å². The number of allylic oxidation sites excluding steroid dienone is 8. The average molecular weight is 959 g/mol. The molecule has 2 amide bonds. The summed E-state index contributed by atoms with van der Waals surface area (Å²) in [5, 5.41) is 5.68. The zero-order valence-corrected chi connectivity index (χ0v) is 39.9. The Labute approximate surface area is 383 Å². The zero-order chi connectivity index (χ0) is 47.6. The molecule has 2 aromatic rings. The van der Waals surface area contributed by atoms with Gasteiger partial charge in [-0.1, -0.05) is 50.6 Å². The van der Waals surface area contributed by atoms with Gasteiger partial charge in [-0.3, -0.25) is 13.9 Å². The van der Waals surface area contributed by atoms with Gasteiger partial charge in [-0.2, -0.15) is 21.4 Å². The van der Waals surface area contributed by atoms with Crippen molar-refractivity contribution in [2.45, 2.75) is 125 Å². The molecule has 1 unspecified atom stereocenters. The van der Waals surface area contributed by atoms with E-state index in [1.807, 2.05) is 50.5 Å². The summed E-state index contributed by atoms with van der Waals surface area (Å²) in [5.74, 6) is -0.662. The fourth-order valence-electron chi connectivity index (χ4n) is 8.63. The minimum Gasteiger partial charge on any atom is -0.748 e. The summed E-state index contributed by atoms with van der Waals surface area (Å²) in [5.41, 5.74) is 2.80. The molecule has 0 saturated carbocycles. The molecule has 2 aromatic carbocycles. The zero-order valence-electron chi connectivity index (χ0n) is 37.5. The van der Waals surface area contributed by atoms with Crippen molar-refractivity contribution in [1.29, 1.82) is 0 Å². The van der Waals surface area contributed by atoms with Gasteiger partial charge in [0.25, 0.3) is 20.2 Å². The highest BCUT2D eigenvalue weighted by Crippen LogP contribution is 2.48.